The zero-order valence-electron chi connectivity index (χ0n) is 16.2. The summed E-state index contributed by atoms with van der Waals surface area (Å²) in [5, 5.41) is 6.90. The van der Waals surface area contributed by atoms with Crippen LogP contribution in [0, 0.1) is 5.92 Å². The summed E-state index contributed by atoms with van der Waals surface area (Å²) in [7, 11) is 3.55. The highest BCUT2D eigenvalue weighted by Gasteiger charge is 2.14. The molecule has 0 atom stereocenters. The third-order valence-electron chi connectivity index (χ3n) is 5.32. The maximum atomic E-state index is 11.8. The van der Waals surface area contributed by atoms with Crippen LogP contribution in [0.15, 0.2) is 4.99 Å². The predicted octanol–water partition coefficient (Wildman–Crippen LogP) is 1.68. The van der Waals surface area contributed by atoms with Gasteiger partial charge in [0.15, 0.2) is 5.96 Å². The second-order valence-electron chi connectivity index (χ2n) is 7.67. The number of likely N-dealkylation sites (tertiary alicyclic amines) is 1. The van der Waals surface area contributed by atoms with Crippen molar-refractivity contribution in [2.24, 2.45) is 10.9 Å². The Kier molecular flexibility index (Phi) is 9.08. The Morgan fingerprint density at radius 2 is 1.72 bits per heavy atom. The van der Waals surface area contributed by atoms with Crippen molar-refractivity contribution in [3.8, 4) is 0 Å². The smallest absolute Gasteiger partial charge is 0.243 e. The predicted molar refractivity (Wildman–Crippen MR) is 104 cm³/mol. The maximum Gasteiger partial charge on any atom is 0.243 e. The van der Waals surface area contributed by atoms with Gasteiger partial charge in [0.2, 0.25) is 5.91 Å². The van der Waals surface area contributed by atoms with Crippen LogP contribution in [-0.2, 0) is 4.79 Å². The number of amides is 1. The highest BCUT2D eigenvalue weighted by atomic mass is 16.2. The fourth-order valence-electron chi connectivity index (χ4n) is 3.61. The molecule has 25 heavy (non-hydrogen) atoms. The average Bonchev–Trinajstić information content (AvgIpc) is 2.64. The summed E-state index contributed by atoms with van der Waals surface area (Å²) in [5.74, 6) is 1.57. The van der Waals surface area contributed by atoms with Crippen molar-refractivity contribution in [1.29, 1.82) is 0 Å². The summed E-state index contributed by atoms with van der Waals surface area (Å²) in [6.45, 7) is 5.52. The number of carbonyl (C=O) groups excluding carboxylic acids is 1. The number of guanidine groups is 1. The number of nitrogens with zero attached hydrogens (tertiary/aromatic N) is 3. The fourth-order valence-corrected chi connectivity index (χ4v) is 3.61. The van der Waals surface area contributed by atoms with Crippen molar-refractivity contribution in [2.75, 3.05) is 53.4 Å². The Bertz CT molecular complexity index is 412. The van der Waals surface area contributed by atoms with Crippen LogP contribution in [-0.4, -0.2) is 75.0 Å². The number of carbonyl (C=O) groups is 1. The van der Waals surface area contributed by atoms with Crippen LogP contribution in [0.2, 0.25) is 0 Å². The van der Waals surface area contributed by atoms with Crippen LogP contribution in [0.25, 0.3) is 0 Å². The van der Waals surface area contributed by atoms with E-state index in [1.165, 1.54) is 64.5 Å². The number of rotatable bonds is 7. The van der Waals surface area contributed by atoms with Gasteiger partial charge >= 0.3 is 0 Å². The topological polar surface area (TPSA) is 60.0 Å². The summed E-state index contributed by atoms with van der Waals surface area (Å²) in [6, 6.07) is 0. The number of hydrogen-bond donors (Lipinski definition) is 2. The van der Waals surface area contributed by atoms with Gasteiger partial charge in [-0.1, -0.05) is 25.7 Å². The van der Waals surface area contributed by atoms with Crippen LogP contribution >= 0.6 is 0 Å². The lowest BCUT2D eigenvalue weighted by molar-refractivity contribution is -0.127. The molecular formula is C19H37N5O. The van der Waals surface area contributed by atoms with E-state index in [0.717, 1.165) is 31.5 Å². The largest absolute Gasteiger partial charge is 0.356 e. The standard InChI is InChI=1S/C19H37N5O/c1-23(2)18(25)16-22-19(21-15-17-9-5-3-6-10-17)20-11-14-24-12-7-4-8-13-24/h17H,3-16H2,1-2H3,(H2,20,21,22). The molecule has 0 aromatic rings. The molecule has 1 saturated heterocycles. The molecule has 2 aliphatic rings. The summed E-state index contributed by atoms with van der Waals surface area (Å²) in [6.07, 6.45) is 10.7. The van der Waals surface area contributed by atoms with Gasteiger partial charge in [-0.25, -0.2) is 4.99 Å². The minimum Gasteiger partial charge on any atom is -0.356 e. The minimum absolute atomic E-state index is 0.0368. The second kappa shape index (κ2) is 11.3. The van der Waals surface area contributed by atoms with E-state index in [2.05, 4.69) is 20.5 Å². The highest BCUT2D eigenvalue weighted by molar-refractivity contribution is 5.84. The molecule has 0 aromatic heterocycles. The van der Waals surface area contributed by atoms with Crippen LogP contribution < -0.4 is 10.6 Å². The van der Waals surface area contributed by atoms with Gasteiger partial charge in [-0.15, -0.1) is 0 Å². The SMILES string of the molecule is CN(C)C(=O)CN=C(NCCN1CCCCC1)NCC1CCCCC1. The molecule has 1 heterocycles. The third kappa shape index (κ3) is 8.08. The van der Waals surface area contributed by atoms with E-state index in [9.17, 15) is 4.79 Å². The van der Waals surface area contributed by atoms with E-state index in [4.69, 9.17) is 0 Å². The van der Waals surface area contributed by atoms with Gasteiger partial charge in [-0.3, -0.25) is 4.79 Å². The Morgan fingerprint density at radius 1 is 1.04 bits per heavy atom. The van der Waals surface area contributed by atoms with Gasteiger partial charge in [-0.2, -0.15) is 0 Å². The average molecular weight is 352 g/mol. The number of nitrogens with one attached hydrogen (secondary N) is 2. The lowest BCUT2D eigenvalue weighted by Gasteiger charge is -2.27. The molecule has 0 aromatic carbocycles. The normalized spacial score (nSPS) is 20.3. The van der Waals surface area contributed by atoms with Gasteiger partial charge in [0, 0.05) is 33.7 Å². The van der Waals surface area contributed by atoms with Crippen LogP contribution in [0.3, 0.4) is 0 Å². The second-order valence-corrected chi connectivity index (χ2v) is 7.67. The molecule has 6 nitrogen and oxygen atoms in total. The van der Waals surface area contributed by atoms with E-state index in [1.807, 2.05) is 0 Å². The molecule has 2 fully saturated rings. The summed E-state index contributed by atoms with van der Waals surface area (Å²) < 4.78 is 0. The number of piperidine rings is 1. The minimum atomic E-state index is 0.0368. The molecule has 1 amide bonds. The molecule has 1 saturated carbocycles. The van der Waals surface area contributed by atoms with Crippen molar-refractivity contribution in [2.45, 2.75) is 51.4 Å². The van der Waals surface area contributed by atoms with Gasteiger partial charge < -0.3 is 20.4 Å². The van der Waals surface area contributed by atoms with Crippen LogP contribution in [0.1, 0.15) is 51.4 Å². The summed E-state index contributed by atoms with van der Waals surface area (Å²) in [5.41, 5.74) is 0. The van der Waals surface area contributed by atoms with Gasteiger partial charge in [0.1, 0.15) is 6.54 Å². The molecule has 2 N–H and O–H groups in total. The van der Waals surface area contributed by atoms with Gasteiger partial charge in [-0.05, 0) is 44.7 Å². The van der Waals surface area contributed by atoms with Crippen LogP contribution in [0.5, 0.6) is 0 Å². The zero-order valence-corrected chi connectivity index (χ0v) is 16.2. The fraction of sp³-hybridized carbons (Fsp3) is 0.895. The Balaban J connectivity index is 1.77. The van der Waals surface area contributed by atoms with Crippen molar-refractivity contribution < 1.29 is 4.79 Å². The molecule has 144 valence electrons. The number of hydrogen-bond acceptors (Lipinski definition) is 3. The summed E-state index contributed by atoms with van der Waals surface area (Å²) >= 11 is 0. The third-order valence-corrected chi connectivity index (χ3v) is 5.32. The van der Waals surface area contributed by atoms with E-state index in [0.29, 0.717) is 0 Å². The first kappa shape index (κ1) is 20.0. The lowest BCUT2D eigenvalue weighted by Crippen LogP contribution is -2.44. The first-order valence-electron chi connectivity index (χ1n) is 10.1. The van der Waals surface area contributed by atoms with Crippen molar-refractivity contribution in [1.82, 2.24) is 20.4 Å². The molecule has 2 rings (SSSR count). The zero-order chi connectivity index (χ0) is 17.9. The van der Waals surface area contributed by atoms with Gasteiger partial charge in [0.05, 0.1) is 0 Å². The van der Waals surface area contributed by atoms with Crippen LogP contribution in [0.4, 0.5) is 0 Å². The first-order valence-corrected chi connectivity index (χ1v) is 10.1. The Hall–Kier alpha value is -1.30. The maximum absolute atomic E-state index is 11.8. The first-order chi connectivity index (χ1) is 12.1. The van der Waals surface area contributed by atoms with E-state index >= 15 is 0 Å². The molecule has 1 aliphatic carbocycles. The lowest BCUT2D eigenvalue weighted by atomic mass is 9.89. The van der Waals surface area contributed by atoms with Crippen molar-refractivity contribution in [3.05, 3.63) is 0 Å². The quantitative estimate of drug-likeness (QED) is 0.541. The molecule has 0 bridgehead atoms. The summed E-state index contributed by atoms with van der Waals surface area (Å²) in [4.78, 5) is 20.4. The number of aliphatic imine (C=N–C) groups is 1. The highest BCUT2D eigenvalue weighted by Crippen LogP contribution is 2.22. The van der Waals surface area contributed by atoms with Crippen molar-refractivity contribution in [3.63, 3.8) is 0 Å². The van der Waals surface area contributed by atoms with E-state index in [-0.39, 0.29) is 12.5 Å². The molecule has 1 aliphatic heterocycles. The molecule has 0 radical (unpaired) electrons. The Morgan fingerprint density at radius 3 is 2.40 bits per heavy atom. The van der Waals surface area contributed by atoms with Crippen molar-refractivity contribution >= 4 is 11.9 Å². The van der Waals surface area contributed by atoms with E-state index < -0.39 is 0 Å². The molecule has 0 spiro atoms. The van der Waals surface area contributed by atoms with Gasteiger partial charge in [0.25, 0.3) is 0 Å². The molecule has 6 heteroatoms. The molecule has 0 unspecified atom stereocenters. The monoisotopic (exact) mass is 351 g/mol. The molecular weight excluding hydrogens is 314 g/mol. The van der Waals surface area contributed by atoms with E-state index in [1.54, 1.807) is 19.0 Å². The Labute approximate surface area is 153 Å². The number of likely N-dealkylation sites (N-methyl/N-ethyl adjacent to an activating group) is 1.